The van der Waals surface area contributed by atoms with Crippen molar-refractivity contribution in [3.63, 3.8) is 0 Å². The summed E-state index contributed by atoms with van der Waals surface area (Å²) < 4.78 is 7.24. The molecule has 0 bridgehead atoms. The van der Waals surface area contributed by atoms with Crippen LogP contribution in [0.4, 0.5) is 22.4 Å². The molecule has 3 aliphatic rings. The van der Waals surface area contributed by atoms with Crippen molar-refractivity contribution >= 4 is 23.6 Å². The van der Waals surface area contributed by atoms with E-state index in [9.17, 15) is 10.1 Å². The lowest BCUT2D eigenvalue weighted by molar-refractivity contribution is -0.0985. The fourth-order valence-electron chi connectivity index (χ4n) is 6.75. The molecule has 236 valence electrons. The van der Waals surface area contributed by atoms with Gasteiger partial charge in [-0.25, -0.2) is 14.8 Å². The molecule has 4 aromatic rings. The highest BCUT2D eigenvalue weighted by atomic mass is 16.5. The van der Waals surface area contributed by atoms with Crippen LogP contribution in [0.25, 0.3) is 11.1 Å². The van der Waals surface area contributed by atoms with Crippen molar-refractivity contribution < 1.29 is 9.53 Å². The van der Waals surface area contributed by atoms with Gasteiger partial charge in [0, 0.05) is 67.7 Å². The molecule has 0 unspecified atom stereocenters. The molecule has 3 aromatic heterocycles. The molecular weight excluding hydrogens is 580 g/mol. The largest absolute Gasteiger partial charge is 0.380 e. The number of nitrogens with one attached hydrogen (secondary N) is 2. The highest BCUT2D eigenvalue weighted by Crippen LogP contribution is 2.40. The maximum Gasteiger partial charge on any atom is 0.323 e. The number of rotatable bonds is 8. The molecule has 2 aliphatic heterocycles. The third kappa shape index (κ3) is 6.23. The second-order valence-corrected chi connectivity index (χ2v) is 12.7. The topological polar surface area (TPSA) is 137 Å². The van der Waals surface area contributed by atoms with Crippen LogP contribution in [0.1, 0.15) is 43.2 Å². The van der Waals surface area contributed by atoms with E-state index in [1.54, 1.807) is 23.3 Å². The van der Waals surface area contributed by atoms with E-state index in [0.717, 1.165) is 75.1 Å². The summed E-state index contributed by atoms with van der Waals surface area (Å²) in [6.07, 6.45) is 11.5. The summed E-state index contributed by atoms with van der Waals surface area (Å²) in [4.78, 5) is 31.8. The Labute approximate surface area is 268 Å². The molecule has 5 heterocycles. The molecule has 3 fully saturated rings. The summed E-state index contributed by atoms with van der Waals surface area (Å²) in [6, 6.07) is 16.0. The number of aromatic nitrogens is 5. The van der Waals surface area contributed by atoms with E-state index in [2.05, 4.69) is 31.7 Å². The van der Waals surface area contributed by atoms with E-state index in [1.807, 2.05) is 60.6 Å². The fourth-order valence-corrected chi connectivity index (χ4v) is 6.75. The van der Waals surface area contributed by atoms with Gasteiger partial charge in [-0.3, -0.25) is 9.58 Å². The van der Waals surface area contributed by atoms with Crippen molar-refractivity contribution in [3.8, 4) is 17.2 Å². The third-order valence-corrected chi connectivity index (χ3v) is 9.38. The average molecular weight is 619 g/mol. The lowest BCUT2D eigenvalue weighted by atomic mass is 9.85. The zero-order chi connectivity index (χ0) is 31.5. The van der Waals surface area contributed by atoms with Gasteiger partial charge in [-0.1, -0.05) is 30.3 Å². The van der Waals surface area contributed by atoms with E-state index in [1.165, 1.54) is 0 Å². The molecule has 12 heteroatoms. The van der Waals surface area contributed by atoms with Crippen LogP contribution >= 0.6 is 0 Å². The van der Waals surface area contributed by atoms with Crippen molar-refractivity contribution in [2.24, 2.45) is 12.5 Å². The number of pyridine rings is 1. The van der Waals surface area contributed by atoms with Gasteiger partial charge in [0.05, 0.1) is 25.6 Å². The van der Waals surface area contributed by atoms with E-state index < -0.39 is 0 Å². The van der Waals surface area contributed by atoms with Crippen LogP contribution in [0.5, 0.6) is 0 Å². The van der Waals surface area contributed by atoms with Gasteiger partial charge in [0.15, 0.2) is 5.82 Å². The van der Waals surface area contributed by atoms with Crippen molar-refractivity contribution in [1.29, 1.82) is 5.26 Å². The molecule has 7 rings (SSSR count). The van der Waals surface area contributed by atoms with Crippen molar-refractivity contribution in [2.75, 3.05) is 41.4 Å². The Morgan fingerprint density at radius 3 is 2.54 bits per heavy atom. The van der Waals surface area contributed by atoms with E-state index >= 15 is 0 Å². The van der Waals surface area contributed by atoms with Crippen LogP contribution in [-0.4, -0.2) is 69.2 Å². The summed E-state index contributed by atoms with van der Waals surface area (Å²) in [7, 11) is 1.88. The van der Waals surface area contributed by atoms with Crippen molar-refractivity contribution in [2.45, 2.75) is 50.7 Å². The summed E-state index contributed by atoms with van der Waals surface area (Å²) >= 11 is 0. The predicted octanol–water partition coefficient (Wildman–Crippen LogP) is 4.51. The van der Waals surface area contributed by atoms with Gasteiger partial charge in [-0.15, -0.1) is 0 Å². The maximum absolute atomic E-state index is 13.7. The van der Waals surface area contributed by atoms with Crippen LogP contribution < -0.4 is 20.4 Å². The molecule has 46 heavy (non-hydrogen) atoms. The Morgan fingerprint density at radius 1 is 1.07 bits per heavy atom. The lowest BCUT2D eigenvalue weighted by Gasteiger charge is -2.37. The molecule has 2 saturated heterocycles. The zero-order valence-electron chi connectivity index (χ0n) is 26.0. The minimum atomic E-state index is -0.165. The number of benzene rings is 1. The van der Waals surface area contributed by atoms with Crippen LogP contribution in [-0.2, 0) is 18.3 Å². The second-order valence-electron chi connectivity index (χ2n) is 12.7. The Hall–Kier alpha value is -5.02. The number of hydrogen-bond acceptors (Lipinski definition) is 9. The first-order valence-electron chi connectivity index (χ1n) is 15.9. The summed E-state index contributed by atoms with van der Waals surface area (Å²) in [5.41, 5.74) is 3.64. The average Bonchev–Trinajstić information content (AvgIpc) is 3.73. The molecule has 0 atom stereocenters. The summed E-state index contributed by atoms with van der Waals surface area (Å²) in [5, 5.41) is 20.6. The van der Waals surface area contributed by atoms with Crippen molar-refractivity contribution in [3.05, 3.63) is 78.4 Å². The summed E-state index contributed by atoms with van der Waals surface area (Å²) in [6.45, 7) is 3.69. The number of nitrogens with zero attached hydrogens (tertiary/aromatic N) is 8. The van der Waals surface area contributed by atoms with Gasteiger partial charge >= 0.3 is 6.03 Å². The molecular formula is C34H38N10O2. The van der Waals surface area contributed by atoms with Crippen molar-refractivity contribution in [1.82, 2.24) is 30.0 Å². The molecule has 1 saturated carbocycles. The third-order valence-electron chi connectivity index (χ3n) is 9.38. The number of carbonyl (C=O) groups excluding carboxylic acids is 1. The Bertz CT molecular complexity index is 1710. The standard InChI is InChI=1S/C34H38N10O2/c1-42-20-27(19-39-42)25-7-12-30(36-17-25)44(33(45)38-16-24-5-3-2-4-6-24)29-10-8-28(9-11-29)40-32-37-18-26(15-35)31(41-32)43-14-13-34(21-43)22-46-23-34/h2-7,12,17-20,28-29H,8-11,13-14,16,21-23H2,1H3,(H,38,45)(H,37,40,41)/t28-,29-. The Morgan fingerprint density at radius 2 is 1.89 bits per heavy atom. The highest BCUT2D eigenvalue weighted by molar-refractivity contribution is 5.91. The van der Waals surface area contributed by atoms with Gasteiger partial charge in [-0.2, -0.15) is 15.3 Å². The quantitative estimate of drug-likeness (QED) is 0.292. The SMILES string of the molecule is Cn1cc(-c2ccc(N(C(=O)NCc3ccccc3)[C@H]3CC[C@H](Nc4ncc(C#N)c(N5CCC6(COC6)C5)n4)CC3)nc2)cn1. The van der Waals surface area contributed by atoms with Gasteiger partial charge in [0.1, 0.15) is 17.5 Å². The Balaban J connectivity index is 1.04. The Kier molecular flexibility index (Phi) is 8.24. The lowest BCUT2D eigenvalue weighted by Crippen LogP contribution is -2.49. The first-order valence-corrected chi connectivity index (χ1v) is 15.9. The number of carbonyl (C=O) groups is 1. The predicted molar refractivity (Wildman–Crippen MR) is 174 cm³/mol. The fraction of sp³-hybridized carbons (Fsp3) is 0.412. The van der Waals surface area contributed by atoms with Crippen LogP contribution in [0.3, 0.4) is 0 Å². The summed E-state index contributed by atoms with van der Waals surface area (Å²) in [5.74, 6) is 1.85. The van der Waals surface area contributed by atoms with Gasteiger partial charge in [0.2, 0.25) is 5.95 Å². The minimum Gasteiger partial charge on any atom is -0.380 e. The monoisotopic (exact) mass is 618 g/mol. The van der Waals surface area contributed by atoms with Crippen LogP contribution in [0, 0.1) is 16.7 Å². The number of ether oxygens (including phenoxy) is 1. The number of anilines is 3. The molecule has 12 nitrogen and oxygen atoms in total. The van der Waals surface area contributed by atoms with Gasteiger partial charge in [-0.05, 0) is 49.8 Å². The number of amides is 2. The molecule has 1 aliphatic carbocycles. The molecule has 1 aromatic carbocycles. The first kappa shape index (κ1) is 29.7. The van der Waals surface area contributed by atoms with Gasteiger partial charge < -0.3 is 20.3 Å². The molecule has 2 amide bonds. The second kappa shape index (κ2) is 12.8. The zero-order valence-corrected chi connectivity index (χ0v) is 26.0. The molecule has 2 N–H and O–H groups in total. The van der Waals surface area contributed by atoms with Crippen LogP contribution in [0.2, 0.25) is 0 Å². The number of urea groups is 1. The van der Waals surface area contributed by atoms with Gasteiger partial charge in [0.25, 0.3) is 0 Å². The van der Waals surface area contributed by atoms with E-state index in [-0.39, 0.29) is 23.5 Å². The van der Waals surface area contributed by atoms with Crippen LogP contribution in [0.15, 0.2) is 67.3 Å². The molecule has 1 spiro atoms. The van der Waals surface area contributed by atoms with E-state index in [4.69, 9.17) is 14.7 Å². The number of nitriles is 1. The minimum absolute atomic E-state index is 0.0199. The smallest absolute Gasteiger partial charge is 0.323 e. The highest BCUT2D eigenvalue weighted by Gasteiger charge is 2.45. The maximum atomic E-state index is 13.7. The number of hydrogen-bond donors (Lipinski definition) is 2. The number of aryl methyl sites for hydroxylation is 1. The molecule has 0 radical (unpaired) electrons. The van der Waals surface area contributed by atoms with E-state index in [0.29, 0.717) is 29.7 Å². The normalized spacial score (nSPS) is 20.1. The first-order chi connectivity index (χ1) is 22.5.